The van der Waals surface area contributed by atoms with E-state index in [1.165, 1.54) is 25.7 Å². The first-order chi connectivity index (χ1) is 11.7. The summed E-state index contributed by atoms with van der Waals surface area (Å²) in [5.74, 6) is 1.13. The van der Waals surface area contributed by atoms with Gasteiger partial charge in [-0.25, -0.2) is 0 Å². The van der Waals surface area contributed by atoms with Crippen LogP contribution in [0.1, 0.15) is 51.0 Å². The molecule has 0 spiro atoms. The molecule has 6 heteroatoms. The molecule has 2 atom stereocenters. The van der Waals surface area contributed by atoms with E-state index in [1.54, 1.807) is 6.20 Å². The highest BCUT2D eigenvalue weighted by Gasteiger charge is 2.35. The van der Waals surface area contributed by atoms with Crippen LogP contribution in [0.25, 0.3) is 0 Å². The average molecular weight is 332 g/mol. The van der Waals surface area contributed by atoms with Gasteiger partial charge in [0.05, 0.1) is 24.5 Å². The Kier molecular flexibility index (Phi) is 4.59. The standard InChI is InChI=1S/C18H28N4O2/c23-12-17-7-16(11-21(17)9-13-3-1-2-4-13)22-10-15(8-19-22)20-18(24)14-5-6-14/h8,10,13-14,16-17,23H,1-7,9,11-12H2,(H,20,24)/t16-,17-/m0/s1. The van der Waals surface area contributed by atoms with Crippen molar-refractivity contribution in [1.82, 2.24) is 14.7 Å². The smallest absolute Gasteiger partial charge is 0.227 e. The van der Waals surface area contributed by atoms with Gasteiger partial charge >= 0.3 is 0 Å². The Morgan fingerprint density at radius 3 is 2.79 bits per heavy atom. The second-order valence-electron chi connectivity index (χ2n) is 7.80. The molecule has 0 bridgehead atoms. The molecule has 0 radical (unpaired) electrons. The summed E-state index contributed by atoms with van der Waals surface area (Å²) in [6, 6.07) is 0.527. The van der Waals surface area contributed by atoms with Gasteiger partial charge in [-0.3, -0.25) is 14.4 Å². The van der Waals surface area contributed by atoms with E-state index in [-0.39, 0.29) is 30.5 Å². The Hall–Kier alpha value is -1.40. The van der Waals surface area contributed by atoms with Crippen molar-refractivity contribution in [1.29, 1.82) is 0 Å². The van der Waals surface area contributed by atoms with Crippen LogP contribution in [0, 0.1) is 11.8 Å². The van der Waals surface area contributed by atoms with Crippen LogP contribution in [0.15, 0.2) is 12.4 Å². The van der Waals surface area contributed by atoms with Crippen molar-refractivity contribution < 1.29 is 9.90 Å². The zero-order valence-corrected chi connectivity index (χ0v) is 14.2. The minimum atomic E-state index is 0.122. The third-order valence-corrected chi connectivity index (χ3v) is 5.88. The maximum absolute atomic E-state index is 11.9. The van der Waals surface area contributed by atoms with Crippen LogP contribution in [0.2, 0.25) is 0 Å². The molecule has 0 aromatic carbocycles. The van der Waals surface area contributed by atoms with E-state index in [9.17, 15) is 9.90 Å². The minimum Gasteiger partial charge on any atom is -0.395 e. The molecule has 1 saturated heterocycles. The highest BCUT2D eigenvalue weighted by atomic mass is 16.3. The van der Waals surface area contributed by atoms with Gasteiger partial charge in [-0.2, -0.15) is 5.10 Å². The van der Waals surface area contributed by atoms with Crippen LogP contribution in [-0.2, 0) is 4.79 Å². The number of nitrogens with zero attached hydrogens (tertiary/aromatic N) is 3. The summed E-state index contributed by atoms with van der Waals surface area (Å²) < 4.78 is 1.97. The third kappa shape index (κ3) is 3.49. The van der Waals surface area contributed by atoms with Crippen molar-refractivity contribution in [2.45, 2.75) is 57.0 Å². The Labute approximate surface area is 143 Å². The molecule has 2 aliphatic carbocycles. The highest BCUT2D eigenvalue weighted by molar-refractivity contribution is 5.93. The summed E-state index contributed by atoms with van der Waals surface area (Å²) in [6.07, 6.45) is 12.0. The molecule has 6 nitrogen and oxygen atoms in total. The number of likely N-dealkylation sites (tertiary alicyclic amines) is 1. The monoisotopic (exact) mass is 332 g/mol. The number of aliphatic hydroxyl groups is 1. The molecule has 1 aromatic rings. The van der Waals surface area contributed by atoms with Gasteiger partial charge < -0.3 is 10.4 Å². The summed E-state index contributed by atoms with van der Waals surface area (Å²) in [4.78, 5) is 14.3. The molecule has 132 valence electrons. The second kappa shape index (κ2) is 6.84. The average Bonchev–Trinajstić information content (AvgIpc) is 2.98. The number of nitrogens with one attached hydrogen (secondary N) is 1. The Balaban J connectivity index is 1.37. The van der Waals surface area contributed by atoms with Gasteiger partial charge in [-0.1, -0.05) is 12.8 Å². The molecule has 3 aliphatic rings. The summed E-state index contributed by atoms with van der Waals surface area (Å²) in [5.41, 5.74) is 0.793. The highest BCUT2D eigenvalue weighted by Crippen LogP contribution is 2.33. The largest absolute Gasteiger partial charge is 0.395 e. The Bertz CT molecular complexity index is 577. The van der Waals surface area contributed by atoms with Crippen molar-refractivity contribution in [3.05, 3.63) is 12.4 Å². The lowest BCUT2D eigenvalue weighted by molar-refractivity contribution is -0.117. The van der Waals surface area contributed by atoms with Gasteiger partial charge in [-0.15, -0.1) is 0 Å². The first kappa shape index (κ1) is 16.1. The number of hydrogen-bond donors (Lipinski definition) is 2. The van der Waals surface area contributed by atoms with E-state index in [0.29, 0.717) is 0 Å². The predicted octanol–water partition coefficient (Wildman–Crippen LogP) is 2.03. The maximum Gasteiger partial charge on any atom is 0.227 e. The summed E-state index contributed by atoms with van der Waals surface area (Å²) in [6.45, 7) is 2.27. The maximum atomic E-state index is 11.9. The van der Waals surface area contributed by atoms with Crippen molar-refractivity contribution in [2.75, 3.05) is 25.0 Å². The van der Waals surface area contributed by atoms with Gasteiger partial charge in [0.25, 0.3) is 0 Å². The van der Waals surface area contributed by atoms with E-state index in [0.717, 1.165) is 44.0 Å². The van der Waals surface area contributed by atoms with Crippen LogP contribution in [0.5, 0.6) is 0 Å². The van der Waals surface area contributed by atoms with Crippen LogP contribution in [0.4, 0.5) is 5.69 Å². The molecular weight excluding hydrogens is 304 g/mol. The number of anilines is 1. The number of amides is 1. The van der Waals surface area contributed by atoms with Gasteiger partial charge in [0, 0.05) is 31.2 Å². The van der Waals surface area contributed by atoms with Gasteiger partial charge in [-0.05, 0) is 38.0 Å². The molecule has 1 aliphatic heterocycles. The molecule has 4 rings (SSSR count). The van der Waals surface area contributed by atoms with E-state index in [1.807, 2.05) is 10.9 Å². The van der Waals surface area contributed by atoms with Crippen molar-refractivity contribution in [2.24, 2.45) is 11.8 Å². The normalized spacial score (nSPS) is 28.5. The van der Waals surface area contributed by atoms with Crippen molar-refractivity contribution >= 4 is 11.6 Å². The number of carbonyl (C=O) groups excluding carboxylic acids is 1. The van der Waals surface area contributed by atoms with Crippen LogP contribution >= 0.6 is 0 Å². The number of carbonyl (C=O) groups is 1. The first-order valence-electron chi connectivity index (χ1n) is 9.43. The minimum absolute atomic E-state index is 0.122. The van der Waals surface area contributed by atoms with Gasteiger partial charge in [0.1, 0.15) is 0 Å². The van der Waals surface area contributed by atoms with Gasteiger partial charge in [0.15, 0.2) is 0 Å². The Morgan fingerprint density at radius 2 is 2.08 bits per heavy atom. The molecule has 2 N–H and O–H groups in total. The molecule has 1 amide bonds. The fourth-order valence-corrected chi connectivity index (χ4v) is 4.28. The lowest BCUT2D eigenvalue weighted by Crippen LogP contribution is -2.35. The van der Waals surface area contributed by atoms with Gasteiger partial charge in [0.2, 0.25) is 5.91 Å². The zero-order chi connectivity index (χ0) is 16.5. The predicted molar refractivity (Wildman–Crippen MR) is 91.6 cm³/mol. The SMILES string of the molecule is O=C(Nc1cnn([C@H]2C[C@@H](CO)N(CC3CCCC3)C2)c1)C1CC1. The number of hydrogen-bond acceptors (Lipinski definition) is 4. The second-order valence-corrected chi connectivity index (χ2v) is 7.80. The van der Waals surface area contributed by atoms with Crippen molar-refractivity contribution in [3.63, 3.8) is 0 Å². The fraction of sp³-hybridized carbons (Fsp3) is 0.778. The Morgan fingerprint density at radius 1 is 1.29 bits per heavy atom. The topological polar surface area (TPSA) is 70.4 Å². The fourth-order valence-electron chi connectivity index (χ4n) is 4.28. The number of rotatable bonds is 6. The summed E-state index contributed by atoms with van der Waals surface area (Å²) in [7, 11) is 0. The molecule has 1 aromatic heterocycles. The quantitative estimate of drug-likeness (QED) is 0.836. The van der Waals surface area contributed by atoms with Crippen LogP contribution in [-0.4, -0.2) is 51.4 Å². The lowest BCUT2D eigenvalue weighted by atomic mass is 10.1. The molecule has 24 heavy (non-hydrogen) atoms. The number of aromatic nitrogens is 2. The van der Waals surface area contributed by atoms with Crippen LogP contribution < -0.4 is 5.32 Å². The molecule has 2 heterocycles. The lowest BCUT2D eigenvalue weighted by Gasteiger charge is -2.25. The third-order valence-electron chi connectivity index (χ3n) is 5.88. The van der Waals surface area contributed by atoms with Crippen LogP contribution in [0.3, 0.4) is 0 Å². The van der Waals surface area contributed by atoms with E-state index in [2.05, 4.69) is 15.3 Å². The van der Waals surface area contributed by atoms with E-state index < -0.39 is 0 Å². The zero-order valence-electron chi connectivity index (χ0n) is 14.2. The first-order valence-corrected chi connectivity index (χ1v) is 9.43. The molecule has 2 saturated carbocycles. The van der Waals surface area contributed by atoms with E-state index >= 15 is 0 Å². The molecular formula is C18H28N4O2. The summed E-state index contributed by atoms with van der Waals surface area (Å²) >= 11 is 0. The van der Waals surface area contributed by atoms with E-state index in [4.69, 9.17) is 0 Å². The summed E-state index contributed by atoms with van der Waals surface area (Å²) in [5, 5.41) is 17.2. The van der Waals surface area contributed by atoms with Crippen molar-refractivity contribution in [3.8, 4) is 0 Å². The molecule has 0 unspecified atom stereocenters. The molecule has 3 fully saturated rings. The number of aliphatic hydroxyl groups excluding tert-OH is 1.